The van der Waals surface area contributed by atoms with Gasteiger partial charge in [-0.1, -0.05) is 88.3 Å². The van der Waals surface area contributed by atoms with Crippen LogP contribution in [0, 0.1) is 0 Å². The van der Waals surface area contributed by atoms with Crippen molar-refractivity contribution in [2.75, 3.05) is 0 Å². The van der Waals surface area contributed by atoms with Gasteiger partial charge in [0.1, 0.15) is 4.90 Å². The third-order valence-electron chi connectivity index (χ3n) is 4.52. The molecule has 5 heteroatoms. The molecule has 0 aliphatic carbocycles. The van der Waals surface area contributed by atoms with E-state index in [4.69, 9.17) is 0 Å². The summed E-state index contributed by atoms with van der Waals surface area (Å²) >= 11 is 0. The van der Waals surface area contributed by atoms with E-state index in [-0.39, 0.29) is 42.6 Å². The summed E-state index contributed by atoms with van der Waals surface area (Å²) in [7, 11) is -4.22. The molecule has 0 bridgehead atoms. The Kier molecular flexibility index (Phi) is 10.6. The Balaban J connectivity index is 0.00000312. The molecule has 2 aromatic carbocycles. The van der Waals surface area contributed by atoms with Crippen LogP contribution < -0.4 is 0 Å². The Bertz CT molecular complexity index is 757. The van der Waals surface area contributed by atoms with Gasteiger partial charge in [0, 0.05) is 5.39 Å². The summed E-state index contributed by atoms with van der Waals surface area (Å²) in [4.78, 5) is 0.0866. The topological polar surface area (TPSA) is 54.4 Å². The van der Waals surface area contributed by atoms with Gasteiger partial charge in [-0.3, -0.25) is 4.55 Å². The van der Waals surface area contributed by atoms with Gasteiger partial charge in [0.25, 0.3) is 10.1 Å². The molecule has 1 N–H and O–H groups in total. The van der Waals surface area contributed by atoms with Gasteiger partial charge in [-0.25, -0.2) is 0 Å². The third kappa shape index (κ3) is 7.18. The van der Waals surface area contributed by atoms with Gasteiger partial charge in [-0.2, -0.15) is 8.42 Å². The zero-order valence-corrected chi connectivity index (χ0v) is 15.3. The van der Waals surface area contributed by atoms with Gasteiger partial charge < -0.3 is 0 Å². The Morgan fingerprint density at radius 1 is 0.840 bits per heavy atom. The van der Waals surface area contributed by atoms with Crippen molar-refractivity contribution in [2.24, 2.45) is 0 Å². The van der Waals surface area contributed by atoms with Crippen molar-refractivity contribution in [3.05, 3.63) is 42.0 Å². The number of benzene rings is 2. The molecule has 136 valence electrons. The molecule has 0 aromatic heterocycles. The van der Waals surface area contributed by atoms with Gasteiger partial charge in [0.2, 0.25) is 0 Å². The van der Waals surface area contributed by atoms with E-state index in [1.165, 1.54) is 38.5 Å². The van der Waals surface area contributed by atoms with Crippen molar-refractivity contribution in [1.82, 2.24) is 0 Å². The summed E-state index contributed by atoms with van der Waals surface area (Å²) in [5.74, 6) is 0. The zero-order chi connectivity index (χ0) is 17.4. The first-order chi connectivity index (χ1) is 11.5. The number of unbranched alkanes of at least 4 members (excludes halogenated alkanes) is 7. The van der Waals surface area contributed by atoms with E-state index >= 15 is 0 Å². The van der Waals surface area contributed by atoms with Crippen molar-refractivity contribution < 1.29 is 13.0 Å². The number of hydrogen-bond acceptors (Lipinski definition) is 2. The van der Waals surface area contributed by atoms with E-state index < -0.39 is 10.1 Å². The quantitative estimate of drug-likeness (QED) is 0.358. The Morgan fingerprint density at radius 2 is 1.44 bits per heavy atom. The molecule has 3 nitrogen and oxygen atoms in total. The maximum absolute atomic E-state index is 11.9. The van der Waals surface area contributed by atoms with Gasteiger partial charge in [0.15, 0.2) is 0 Å². The molecule has 0 unspecified atom stereocenters. The molecule has 0 aliphatic rings. The van der Waals surface area contributed by atoms with Crippen molar-refractivity contribution in [1.29, 1.82) is 0 Å². The minimum absolute atomic E-state index is 0. The van der Waals surface area contributed by atoms with Crippen molar-refractivity contribution in [3.63, 3.8) is 0 Å². The standard InChI is InChI=1S/C20H28O3S.Ca.2H/c1-2-3-4-5-6-7-8-9-13-18-16-15-17-12-10-11-14-19(17)20(18)24(21,22)23;;;/h10-12,14-16H,2-9,13H2,1H3,(H,21,22,23);;;. The molecule has 0 radical (unpaired) electrons. The molecule has 0 spiro atoms. The summed E-state index contributed by atoms with van der Waals surface area (Å²) < 4.78 is 33.4. The SMILES string of the molecule is CCCCCCCCCCc1ccc2ccccc2c1S(=O)(=O)O.[CaH2]. The van der Waals surface area contributed by atoms with Gasteiger partial charge in [-0.15, -0.1) is 0 Å². The van der Waals surface area contributed by atoms with Crippen LogP contribution in [-0.2, 0) is 16.5 Å². The van der Waals surface area contributed by atoms with E-state index in [9.17, 15) is 13.0 Å². The van der Waals surface area contributed by atoms with Crippen LogP contribution >= 0.6 is 0 Å². The summed E-state index contributed by atoms with van der Waals surface area (Å²) in [5.41, 5.74) is 0.724. The molecule has 25 heavy (non-hydrogen) atoms. The van der Waals surface area contributed by atoms with Crippen LogP contribution in [0.15, 0.2) is 41.3 Å². The summed E-state index contributed by atoms with van der Waals surface area (Å²) in [6, 6.07) is 11.1. The molecule has 0 saturated heterocycles. The van der Waals surface area contributed by atoms with E-state index in [0.29, 0.717) is 11.8 Å². The number of fused-ring (bicyclic) bond motifs is 1. The van der Waals surface area contributed by atoms with E-state index in [1.807, 2.05) is 24.3 Å². The molecule has 0 heterocycles. The van der Waals surface area contributed by atoms with E-state index in [0.717, 1.165) is 23.8 Å². The molecular formula is C20H30CaO3S. The van der Waals surface area contributed by atoms with Crippen LogP contribution in [0.5, 0.6) is 0 Å². The Labute approximate surface area is 182 Å². The fourth-order valence-electron chi connectivity index (χ4n) is 3.24. The van der Waals surface area contributed by atoms with Crippen LogP contribution in [0.25, 0.3) is 10.8 Å². The second-order valence-electron chi connectivity index (χ2n) is 6.47. The Hall–Kier alpha value is -0.130. The first-order valence-corrected chi connectivity index (χ1v) is 10.5. The summed E-state index contributed by atoms with van der Waals surface area (Å²) in [5, 5.41) is 1.45. The second kappa shape index (κ2) is 11.6. The normalized spacial score (nSPS) is 11.4. The number of hydrogen-bond donors (Lipinski definition) is 1. The molecule has 2 aromatic rings. The summed E-state index contributed by atoms with van der Waals surface area (Å²) in [6.45, 7) is 2.22. The number of rotatable bonds is 10. The second-order valence-corrected chi connectivity index (χ2v) is 7.83. The number of aryl methyl sites for hydroxylation is 1. The fourth-order valence-corrected chi connectivity index (χ4v) is 4.20. The first kappa shape index (κ1) is 22.9. The van der Waals surface area contributed by atoms with Crippen LogP contribution in [0.2, 0.25) is 0 Å². The fraction of sp³-hybridized carbons (Fsp3) is 0.500. The van der Waals surface area contributed by atoms with Crippen molar-refractivity contribution >= 4 is 58.6 Å². The van der Waals surface area contributed by atoms with Crippen LogP contribution in [0.3, 0.4) is 0 Å². The van der Waals surface area contributed by atoms with Crippen LogP contribution in [-0.4, -0.2) is 50.7 Å². The average molecular weight is 391 g/mol. The molecule has 0 aliphatic heterocycles. The molecule has 0 saturated carbocycles. The van der Waals surface area contributed by atoms with Crippen LogP contribution in [0.4, 0.5) is 0 Å². The molecule has 0 fully saturated rings. The van der Waals surface area contributed by atoms with Crippen molar-refractivity contribution in [2.45, 2.75) is 69.6 Å². The van der Waals surface area contributed by atoms with Crippen LogP contribution in [0.1, 0.15) is 63.9 Å². The third-order valence-corrected chi connectivity index (χ3v) is 5.52. The first-order valence-electron chi connectivity index (χ1n) is 9.02. The monoisotopic (exact) mass is 390 g/mol. The van der Waals surface area contributed by atoms with Gasteiger partial charge in [-0.05, 0) is 23.8 Å². The predicted molar refractivity (Wildman–Crippen MR) is 109 cm³/mol. The van der Waals surface area contributed by atoms with Crippen molar-refractivity contribution in [3.8, 4) is 0 Å². The minimum atomic E-state index is -4.22. The Morgan fingerprint density at radius 3 is 2.08 bits per heavy atom. The molecule has 0 atom stereocenters. The molecular weight excluding hydrogens is 360 g/mol. The van der Waals surface area contributed by atoms with Gasteiger partial charge in [0.05, 0.1) is 0 Å². The van der Waals surface area contributed by atoms with E-state index in [2.05, 4.69) is 6.92 Å². The average Bonchev–Trinajstić information content (AvgIpc) is 2.55. The summed E-state index contributed by atoms with van der Waals surface area (Å²) in [6.07, 6.45) is 10.4. The van der Waals surface area contributed by atoms with Gasteiger partial charge >= 0.3 is 37.7 Å². The maximum atomic E-state index is 11.9. The molecule has 2 rings (SSSR count). The predicted octanol–water partition coefficient (Wildman–Crippen LogP) is 4.85. The van der Waals surface area contributed by atoms with E-state index in [1.54, 1.807) is 12.1 Å². The molecule has 0 amide bonds. The zero-order valence-electron chi connectivity index (χ0n) is 14.5.